The Hall–Kier alpha value is -2.20. The van der Waals surface area contributed by atoms with E-state index in [2.05, 4.69) is 23.3 Å². The Morgan fingerprint density at radius 3 is 2.67 bits per heavy atom. The molecule has 0 fully saturated rings. The van der Waals surface area contributed by atoms with Crippen molar-refractivity contribution in [1.82, 2.24) is 4.98 Å². The highest BCUT2D eigenvalue weighted by Gasteiger charge is 2.07. The molecule has 2 nitrogen and oxygen atoms in total. The fourth-order valence-electron chi connectivity index (χ4n) is 2.19. The molecule has 3 rings (SSSR count). The van der Waals surface area contributed by atoms with Crippen molar-refractivity contribution in [2.75, 3.05) is 5.32 Å². The van der Waals surface area contributed by atoms with E-state index in [-0.39, 0.29) is 11.9 Å². The fourth-order valence-corrected chi connectivity index (χ4v) is 2.83. The first kappa shape index (κ1) is 13.8. The molecule has 2 aromatic carbocycles. The zero-order chi connectivity index (χ0) is 14.7. The van der Waals surface area contributed by atoms with Crippen LogP contribution in [-0.4, -0.2) is 4.98 Å². The highest BCUT2D eigenvalue weighted by Crippen LogP contribution is 2.26. The van der Waals surface area contributed by atoms with Crippen LogP contribution in [0.4, 0.5) is 10.1 Å². The summed E-state index contributed by atoms with van der Waals surface area (Å²) >= 11 is 1.62. The number of halogens is 1. The van der Waals surface area contributed by atoms with Gasteiger partial charge in [-0.15, -0.1) is 11.3 Å². The van der Waals surface area contributed by atoms with Crippen LogP contribution in [0.3, 0.4) is 0 Å². The third-order valence-corrected chi connectivity index (χ3v) is 4.12. The summed E-state index contributed by atoms with van der Waals surface area (Å²) in [7, 11) is 0. The molecule has 1 N–H and O–H groups in total. The first-order valence-electron chi connectivity index (χ1n) is 6.74. The van der Waals surface area contributed by atoms with E-state index in [1.54, 1.807) is 29.7 Å². The molecule has 0 spiro atoms. The highest BCUT2D eigenvalue weighted by atomic mass is 32.1. The van der Waals surface area contributed by atoms with E-state index in [1.807, 2.05) is 23.6 Å². The minimum Gasteiger partial charge on any atom is -0.379 e. The largest absolute Gasteiger partial charge is 0.379 e. The van der Waals surface area contributed by atoms with Gasteiger partial charge in [-0.05, 0) is 36.8 Å². The Bertz CT molecular complexity index is 708. The zero-order valence-corrected chi connectivity index (χ0v) is 12.4. The summed E-state index contributed by atoms with van der Waals surface area (Å²) in [6, 6.07) is 14.9. The van der Waals surface area contributed by atoms with Crippen molar-refractivity contribution in [3.05, 3.63) is 71.5 Å². The van der Waals surface area contributed by atoms with E-state index in [1.165, 1.54) is 12.1 Å². The second-order valence-corrected chi connectivity index (χ2v) is 5.73. The van der Waals surface area contributed by atoms with Crippen LogP contribution in [0.1, 0.15) is 18.5 Å². The van der Waals surface area contributed by atoms with Crippen LogP contribution in [-0.2, 0) is 0 Å². The standard InChI is InChI=1S/C17H15FN2S/c1-12(13-5-7-15(18)8-6-13)20-16-4-2-3-14(11-16)17-19-9-10-21-17/h2-12,20H,1H3. The van der Waals surface area contributed by atoms with Gasteiger partial charge >= 0.3 is 0 Å². The molecule has 1 heterocycles. The van der Waals surface area contributed by atoms with Gasteiger partial charge in [-0.2, -0.15) is 0 Å². The Kier molecular flexibility index (Phi) is 3.97. The monoisotopic (exact) mass is 298 g/mol. The molecular weight excluding hydrogens is 283 g/mol. The summed E-state index contributed by atoms with van der Waals surface area (Å²) in [5, 5.41) is 6.41. The minimum absolute atomic E-state index is 0.108. The van der Waals surface area contributed by atoms with Crippen LogP contribution in [0.25, 0.3) is 10.6 Å². The Morgan fingerprint density at radius 1 is 1.14 bits per heavy atom. The fraction of sp³-hybridized carbons (Fsp3) is 0.118. The Balaban J connectivity index is 1.78. The first-order chi connectivity index (χ1) is 10.2. The molecule has 0 radical (unpaired) electrons. The van der Waals surface area contributed by atoms with Gasteiger partial charge in [-0.1, -0.05) is 24.3 Å². The topological polar surface area (TPSA) is 24.9 Å². The molecule has 1 atom stereocenters. The number of nitrogens with zero attached hydrogens (tertiary/aromatic N) is 1. The van der Waals surface area contributed by atoms with E-state index in [0.29, 0.717) is 0 Å². The Morgan fingerprint density at radius 2 is 1.95 bits per heavy atom. The van der Waals surface area contributed by atoms with Gasteiger partial charge in [0.05, 0.1) is 0 Å². The lowest BCUT2D eigenvalue weighted by molar-refractivity contribution is 0.626. The molecule has 0 aliphatic rings. The lowest BCUT2D eigenvalue weighted by Gasteiger charge is -2.16. The lowest BCUT2D eigenvalue weighted by atomic mass is 10.1. The summed E-state index contributed by atoms with van der Waals surface area (Å²) in [5.41, 5.74) is 3.18. The second-order valence-electron chi connectivity index (χ2n) is 4.84. The quantitative estimate of drug-likeness (QED) is 0.723. The SMILES string of the molecule is CC(Nc1cccc(-c2nccs2)c1)c1ccc(F)cc1. The van der Waals surface area contributed by atoms with E-state index >= 15 is 0 Å². The average Bonchev–Trinajstić information content (AvgIpc) is 3.02. The molecule has 106 valence electrons. The molecule has 4 heteroatoms. The molecule has 0 aliphatic heterocycles. The number of thiazole rings is 1. The third-order valence-electron chi connectivity index (χ3n) is 3.30. The van der Waals surface area contributed by atoms with Gasteiger partial charge in [0.25, 0.3) is 0 Å². The molecule has 0 amide bonds. The molecule has 0 saturated carbocycles. The van der Waals surface area contributed by atoms with Crippen molar-refractivity contribution in [3.8, 4) is 10.6 Å². The van der Waals surface area contributed by atoms with Gasteiger partial charge in [0.1, 0.15) is 10.8 Å². The van der Waals surface area contributed by atoms with Gasteiger partial charge in [-0.25, -0.2) is 9.37 Å². The highest BCUT2D eigenvalue weighted by molar-refractivity contribution is 7.13. The summed E-state index contributed by atoms with van der Waals surface area (Å²) in [6.07, 6.45) is 1.81. The van der Waals surface area contributed by atoms with Crippen LogP contribution in [0, 0.1) is 5.82 Å². The second kappa shape index (κ2) is 6.06. The van der Waals surface area contributed by atoms with E-state index in [4.69, 9.17) is 0 Å². The van der Waals surface area contributed by atoms with Crippen molar-refractivity contribution in [2.24, 2.45) is 0 Å². The maximum absolute atomic E-state index is 13.0. The van der Waals surface area contributed by atoms with Gasteiger partial charge < -0.3 is 5.32 Å². The summed E-state index contributed by atoms with van der Waals surface area (Å²) in [5.74, 6) is -0.211. The number of rotatable bonds is 4. The molecule has 0 saturated heterocycles. The molecule has 0 bridgehead atoms. The van der Waals surface area contributed by atoms with E-state index in [0.717, 1.165) is 21.8 Å². The van der Waals surface area contributed by atoms with E-state index in [9.17, 15) is 4.39 Å². The normalized spacial score (nSPS) is 12.1. The van der Waals surface area contributed by atoms with E-state index < -0.39 is 0 Å². The Labute approximate surface area is 127 Å². The molecule has 0 aliphatic carbocycles. The molecule has 3 aromatic rings. The first-order valence-corrected chi connectivity index (χ1v) is 7.62. The third kappa shape index (κ3) is 3.28. The van der Waals surface area contributed by atoms with Gasteiger partial charge in [-0.3, -0.25) is 0 Å². The maximum atomic E-state index is 13.0. The number of anilines is 1. The molecular formula is C17H15FN2S. The van der Waals surface area contributed by atoms with Crippen LogP contribution in [0.15, 0.2) is 60.1 Å². The van der Waals surface area contributed by atoms with Crippen LogP contribution >= 0.6 is 11.3 Å². The molecule has 21 heavy (non-hydrogen) atoms. The zero-order valence-electron chi connectivity index (χ0n) is 11.6. The van der Waals surface area contributed by atoms with Crippen LogP contribution < -0.4 is 5.32 Å². The number of hydrogen-bond acceptors (Lipinski definition) is 3. The van der Waals surface area contributed by atoms with Gasteiger partial charge in [0, 0.05) is 28.9 Å². The maximum Gasteiger partial charge on any atom is 0.123 e. The number of aromatic nitrogens is 1. The molecule has 1 aromatic heterocycles. The lowest BCUT2D eigenvalue weighted by Crippen LogP contribution is -2.06. The molecule has 1 unspecified atom stereocenters. The number of benzene rings is 2. The van der Waals surface area contributed by atoms with Crippen molar-refractivity contribution >= 4 is 17.0 Å². The summed E-state index contributed by atoms with van der Waals surface area (Å²) in [4.78, 5) is 4.32. The van der Waals surface area contributed by atoms with Crippen molar-refractivity contribution in [2.45, 2.75) is 13.0 Å². The summed E-state index contributed by atoms with van der Waals surface area (Å²) in [6.45, 7) is 2.06. The van der Waals surface area contributed by atoms with Crippen molar-refractivity contribution < 1.29 is 4.39 Å². The average molecular weight is 298 g/mol. The number of nitrogens with one attached hydrogen (secondary N) is 1. The van der Waals surface area contributed by atoms with Crippen LogP contribution in [0.2, 0.25) is 0 Å². The smallest absolute Gasteiger partial charge is 0.123 e. The van der Waals surface area contributed by atoms with Crippen molar-refractivity contribution in [1.29, 1.82) is 0 Å². The minimum atomic E-state index is -0.211. The van der Waals surface area contributed by atoms with Crippen LogP contribution in [0.5, 0.6) is 0 Å². The van der Waals surface area contributed by atoms with Gasteiger partial charge in [0.2, 0.25) is 0 Å². The van der Waals surface area contributed by atoms with Gasteiger partial charge in [0.15, 0.2) is 0 Å². The summed E-state index contributed by atoms with van der Waals surface area (Å²) < 4.78 is 13.0. The predicted octanol–water partition coefficient (Wildman–Crippen LogP) is 5.12. The van der Waals surface area contributed by atoms with Crippen molar-refractivity contribution in [3.63, 3.8) is 0 Å². The predicted molar refractivity (Wildman–Crippen MR) is 86.0 cm³/mol. The number of hydrogen-bond donors (Lipinski definition) is 1.